The summed E-state index contributed by atoms with van der Waals surface area (Å²) < 4.78 is 55.2. The van der Waals surface area contributed by atoms with Crippen LogP contribution in [-0.4, -0.2) is 107 Å². The lowest BCUT2D eigenvalue weighted by atomic mass is 9.89. The van der Waals surface area contributed by atoms with E-state index < -0.39 is 41.1 Å². The first-order valence-corrected chi connectivity index (χ1v) is 21.5. The van der Waals surface area contributed by atoms with Crippen LogP contribution >= 0.6 is 0 Å². The Balaban J connectivity index is 0.856. The first kappa shape index (κ1) is 42.0. The second-order valence-corrected chi connectivity index (χ2v) is 17.2. The molecule has 4 aromatic rings. The number of hydrogen-bond acceptors (Lipinski definition) is 11. The van der Waals surface area contributed by atoms with E-state index in [9.17, 15) is 19.2 Å². The zero-order chi connectivity index (χ0) is 44.1. The summed E-state index contributed by atoms with van der Waals surface area (Å²) in [5.74, 6) is -4.40. The lowest BCUT2D eigenvalue weighted by Crippen LogP contribution is -2.50. The standard InChI is InChI=1S/C45H49F3N10O5/c1-25-5-4-16-63-44-32(21-49-54(44)3)36-18-29(17-26(2)50-36)41(60)53-45-51-35-8-6-27(39(48)40(35)58(45)22-25)23-55-12-14-56(15-13-55)43(62)28-10-11-57(24-28)30-19-33(46)38(34(47)20-30)31-7-9-37(59)52-42(31)61/h6,8,17-21,25,28,31H,4-5,7,9-16,22-24H2,1-3H3,(H,51,53,60)(H,52,59,61)/t25-,28-,31-/m1/s1. The molecule has 18 heteroatoms. The Labute approximate surface area is 362 Å². The molecule has 9 rings (SSSR count). The molecule has 2 bridgehead atoms. The number of nitrogens with zero attached hydrogens (tertiary/aromatic N) is 8. The molecular weight excluding hydrogens is 818 g/mol. The van der Waals surface area contributed by atoms with Gasteiger partial charge in [0.1, 0.15) is 17.3 Å². The summed E-state index contributed by atoms with van der Waals surface area (Å²) in [6.45, 7) is 7.68. The van der Waals surface area contributed by atoms with E-state index >= 15 is 13.2 Å². The molecule has 7 heterocycles. The molecule has 0 unspecified atom stereocenters. The number of aryl methyl sites for hydroxylation is 2. The second-order valence-electron chi connectivity index (χ2n) is 17.2. The number of ether oxygens (including phenoxy) is 1. The number of imide groups is 1. The summed E-state index contributed by atoms with van der Waals surface area (Å²) in [5, 5.41) is 9.73. The average molecular weight is 867 g/mol. The summed E-state index contributed by atoms with van der Waals surface area (Å²) in [4.78, 5) is 68.0. The van der Waals surface area contributed by atoms with Gasteiger partial charge in [-0.25, -0.2) is 17.9 Å². The summed E-state index contributed by atoms with van der Waals surface area (Å²) in [6.07, 6.45) is 3.72. The molecule has 2 aromatic heterocycles. The van der Waals surface area contributed by atoms with Crippen molar-refractivity contribution < 1.29 is 37.1 Å². The van der Waals surface area contributed by atoms with E-state index in [0.717, 1.165) is 12.8 Å². The maximum absolute atomic E-state index is 16.8. The van der Waals surface area contributed by atoms with Crippen LogP contribution < -0.4 is 25.2 Å². The highest BCUT2D eigenvalue weighted by Gasteiger charge is 2.37. The maximum Gasteiger partial charge on any atom is 0.280 e. The van der Waals surface area contributed by atoms with E-state index in [1.54, 1.807) is 57.7 Å². The van der Waals surface area contributed by atoms with Gasteiger partial charge in [0.2, 0.25) is 29.6 Å². The highest BCUT2D eigenvalue weighted by molar-refractivity contribution is 6.19. The number of anilines is 3. The predicted octanol–water partition coefficient (Wildman–Crippen LogP) is 5.14. The molecule has 5 aliphatic heterocycles. The molecule has 3 fully saturated rings. The molecule has 63 heavy (non-hydrogen) atoms. The van der Waals surface area contributed by atoms with Crippen LogP contribution in [0.15, 0.2) is 47.6 Å². The maximum atomic E-state index is 16.8. The zero-order valence-corrected chi connectivity index (χ0v) is 35.4. The van der Waals surface area contributed by atoms with E-state index in [4.69, 9.17) is 4.74 Å². The molecule has 0 saturated carbocycles. The van der Waals surface area contributed by atoms with Crippen molar-refractivity contribution in [2.45, 2.75) is 58.4 Å². The van der Waals surface area contributed by atoms with Gasteiger partial charge in [0.25, 0.3) is 5.91 Å². The number of aromatic nitrogens is 3. The number of hydrogen-bond donors (Lipinski definition) is 2. The summed E-state index contributed by atoms with van der Waals surface area (Å²) in [7, 11) is 1.80. The SMILES string of the molecule is Cc1cc2cc(n1)-c1cnn(C)c1OCCC[C@@H](C)CN1/C(=N/C2=O)Nc2ccc(CN3CCN(C(=O)[C@@H]4CCN(c5cc(F)c([C@H]6CCC(=O)NC6=O)c(F)c5)C4)CC3)c(F)c21. The second kappa shape index (κ2) is 17.1. The Morgan fingerprint density at radius 1 is 0.937 bits per heavy atom. The normalized spacial score (nSPS) is 22.8. The quantitative estimate of drug-likeness (QED) is 0.256. The number of amides is 4. The number of carbonyl (C=O) groups is 4. The number of pyridine rings is 1. The van der Waals surface area contributed by atoms with Gasteiger partial charge in [-0.2, -0.15) is 10.1 Å². The van der Waals surface area contributed by atoms with Crippen molar-refractivity contribution >= 4 is 46.7 Å². The lowest BCUT2D eigenvalue weighted by molar-refractivity contribution is -0.137. The van der Waals surface area contributed by atoms with Crippen LogP contribution in [0, 0.1) is 36.2 Å². The van der Waals surface area contributed by atoms with Gasteiger partial charge >= 0.3 is 0 Å². The number of aliphatic imine (C=N–C) groups is 1. The number of halogens is 3. The monoisotopic (exact) mass is 866 g/mol. The van der Waals surface area contributed by atoms with Crippen LogP contribution in [0.2, 0.25) is 0 Å². The van der Waals surface area contributed by atoms with Crippen molar-refractivity contribution in [2.75, 3.05) is 67.5 Å². The predicted molar refractivity (Wildman–Crippen MR) is 228 cm³/mol. The summed E-state index contributed by atoms with van der Waals surface area (Å²) in [5.41, 5.74) is 3.44. The third-order valence-corrected chi connectivity index (χ3v) is 12.7. The minimum atomic E-state index is -1.09. The van der Waals surface area contributed by atoms with Gasteiger partial charge in [0, 0.05) is 93.9 Å². The molecule has 0 aliphatic carbocycles. The number of piperidine rings is 1. The molecule has 330 valence electrons. The zero-order valence-electron chi connectivity index (χ0n) is 35.4. The molecule has 3 saturated heterocycles. The van der Waals surface area contributed by atoms with Gasteiger partial charge in [-0.1, -0.05) is 13.0 Å². The first-order valence-electron chi connectivity index (χ1n) is 21.5. The minimum absolute atomic E-state index is 0.00420. The smallest absolute Gasteiger partial charge is 0.280 e. The Hall–Kier alpha value is -6.30. The van der Waals surface area contributed by atoms with E-state index in [2.05, 4.69) is 37.5 Å². The third-order valence-electron chi connectivity index (χ3n) is 12.7. The van der Waals surface area contributed by atoms with Gasteiger partial charge in [-0.3, -0.25) is 34.4 Å². The molecule has 2 N–H and O–H groups in total. The molecule has 4 amide bonds. The molecule has 3 atom stereocenters. The Kier molecular flexibility index (Phi) is 11.4. The number of guanidine groups is 1. The Bertz CT molecular complexity index is 2510. The van der Waals surface area contributed by atoms with Crippen LogP contribution in [-0.2, 0) is 28.0 Å². The van der Waals surface area contributed by atoms with E-state index in [-0.39, 0.29) is 42.1 Å². The van der Waals surface area contributed by atoms with Crippen molar-refractivity contribution in [3.05, 3.63) is 82.4 Å². The van der Waals surface area contributed by atoms with Gasteiger partial charge in [0.05, 0.1) is 41.6 Å². The highest BCUT2D eigenvalue weighted by Crippen LogP contribution is 2.39. The fraction of sp³-hybridized carbons (Fsp3) is 0.444. The fourth-order valence-electron chi connectivity index (χ4n) is 9.40. The average Bonchev–Trinajstić information content (AvgIpc) is 3.98. The van der Waals surface area contributed by atoms with Crippen molar-refractivity contribution in [1.82, 2.24) is 29.9 Å². The summed E-state index contributed by atoms with van der Waals surface area (Å²) in [6, 6.07) is 9.30. The van der Waals surface area contributed by atoms with E-state index in [1.165, 1.54) is 12.1 Å². The molecule has 15 nitrogen and oxygen atoms in total. The Morgan fingerprint density at radius 2 is 1.71 bits per heavy atom. The third kappa shape index (κ3) is 8.35. The minimum Gasteiger partial charge on any atom is -0.477 e. The van der Waals surface area contributed by atoms with E-state index in [1.807, 2.05) is 6.07 Å². The van der Waals surface area contributed by atoms with Crippen LogP contribution in [0.1, 0.15) is 72.1 Å². The van der Waals surface area contributed by atoms with Crippen LogP contribution in [0.4, 0.5) is 30.2 Å². The molecule has 0 spiro atoms. The number of carbonyl (C=O) groups excluding carboxylic acids is 4. The van der Waals surface area contributed by atoms with Gasteiger partial charge in [0.15, 0.2) is 5.82 Å². The van der Waals surface area contributed by atoms with Crippen molar-refractivity contribution in [1.29, 1.82) is 0 Å². The van der Waals surface area contributed by atoms with Crippen molar-refractivity contribution in [3.8, 4) is 17.1 Å². The molecular formula is C45H49F3N10O5. The fourth-order valence-corrected chi connectivity index (χ4v) is 9.40. The number of fused-ring (bicyclic) bond motifs is 7. The van der Waals surface area contributed by atoms with Crippen LogP contribution in [0.3, 0.4) is 0 Å². The van der Waals surface area contributed by atoms with Gasteiger partial charge < -0.3 is 24.8 Å². The van der Waals surface area contributed by atoms with Gasteiger partial charge in [-0.05, 0) is 68.9 Å². The first-order chi connectivity index (χ1) is 30.3. The van der Waals surface area contributed by atoms with Crippen molar-refractivity contribution in [2.24, 2.45) is 23.9 Å². The van der Waals surface area contributed by atoms with E-state index in [0.29, 0.717) is 116 Å². The number of piperazine rings is 1. The lowest BCUT2D eigenvalue weighted by Gasteiger charge is -2.36. The number of nitrogens with one attached hydrogen (secondary N) is 2. The van der Waals surface area contributed by atoms with Crippen LogP contribution in [0.25, 0.3) is 11.3 Å². The molecule has 5 aliphatic rings. The van der Waals surface area contributed by atoms with Crippen LogP contribution in [0.5, 0.6) is 5.88 Å². The topological polar surface area (TPSA) is 158 Å². The van der Waals surface area contributed by atoms with Gasteiger partial charge in [-0.15, -0.1) is 0 Å². The number of rotatable bonds is 5. The highest BCUT2D eigenvalue weighted by atomic mass is 19.1. The molecule has 0 radical (unpaired) electrons. The number of benzene rings is 2. The molecule has 2 aromatic carbocycles. The summed E-state index contributed by atoms with van der Waals surface area (Å²) >= 11 is 0. The van der Waals surface area contributed by atoms with Crippen molar-refractivity contribution in [3.63, 3.8) is 0 Å². The largest absolute Gasteiger partial charge is 0.477 e. The Morgan fingerprint density at radius 3 is 2.48 bits per heavy atom.